The summed E-state index contributed by atoms with van der Waals surface area (Å²) in [6.45, 7) is 3.80. The van der Waals surface area contributed by atoms with Crippen LogP contribution in [0.25, 0.3) is 10.9 Å². The number of nitrogens with zero attached hydrogens (tertiary/aromatic N) is 4. The van der Waals surface area contributed by atoms with E-state index >= 15 is 0 Å². The van der Waals surface area contributed by atoms with E-state index in [1.54, 1.807) is 31.6 Å². The number of carbonyl (C=O) groups is 1. The second-order valence-corrected chi connectivity index (χ2v) is 10.6. The van der Waals surface area contributed by atoms with Crippen LogP contribution in [-0.4, -0.2) is 70.3 Å². The molecule has 1 aliphatic carbocycles. The van der Waals surface area contributed by atoms with Crippen LogP contribution in [0.1, 0.15) is 53.3 Å². The molecule has 7 heteroatoms. The highest BCUT2D eigenvalue weighted by Gasteiger charge is 2.49. The van der Waals surface area contributed by atoms with Gasteiger partial charge in [-0.05, 0) is 74.5 Å². The van der Waals surface area contributed by atoms with Crippen molar-refractivity contribution in [2.45, 2.75) is 37.1 Å². The normalized spacial score (nSPS) is 21.9. The molecule has 1 saturated heterocycles. The number of ether oxygens (including phenoxy) is 1. The summed E-state index contributed by atoms with van der Waals surface area (Å²) < 4.78 is 7.71. The molecule has 0 unspecified atom stereocenters. The molecule has 1 aromatic carbocycles. The Morgan fingerprint density at radius 3 is 2.57 bits per heavy atom. The lowest BCUT2D eigenvalue weighted by Crippen LogP contribution is -2.55. The molecule has 2 fully saturated rings. The van der Waals surface area contributed by atoms with Crippen LogP contribution >= 0.6 is 0 Å². The zero-order valence-corrected chi connectivity index (χ0v) is 20.6. The lowest BCUT2D eigenvalue weighted by atomic mass is 9.68. The summed E-state index contributed by atoms with van der Waals surface area (Å²) in [5, 5.41) is 11.9. The van der Waals surface area contributed by atoms with E-state index in [-0.39, 0.29) is 17.9 Å². The summed E-state index contributed by atoms with van der Waals surface area (Å²) in [5.74, 6) is 1.65. The van der Waals surface area contributed by atoms with Gasteiger partial charge in [0.05, 0.1) is 25.3 Å². The van der Waals surface area contributed by atoms with Crippen LogP contribution in [0.3, 0.4) is 0 Å². The highest BCUT2D eigenvalue weighted by molar-refractivity contribution is 5.96. The van der Waals surface area contributed by atoms with Gasteiger partial charge in [0.1, 0.15) is 5.75 Å². The molecule has 1 N–H and O–H groups in total. The number of pyridine rings is 1. The molecule has 1 atom stereocenters. The van der Waals surface area contributed by atoms with E-state index in [2.05, 4.69) is 33.6 Å². The third kappa shape index (κ3) is 3.72. The first-order valence-corrected chi connectivity index (χ1v) is 12.8. The Labute approximate surface area is 206 Å². The van der Waals surface area contributed by atoms with Crippen molar-refractivity contribution in [1.82, 2.24) is 19.4 Å². The average molecular weight is 475 g/mol. The predicted octanol–water partition coefficient (Wildman–Crippen LogP) is 3.51. The molecule has 6 rings (SSSR count). The van der Waals surface area contributed by atoms with Gasteiger partial charge in [-0.25, -0.2) is 0 Å². The van der Waals surface area contributed by atoms with E-state index in [0.29, 0.717) is 12.1 Å². The maximum atomic E-state index is 13.8. The van der Waals surface area contributed by atoms with E-state index < -0.39 is 6.04 Å². The van der Waals surface area contributed by atoms with Crippen molar-refractivity contribution in [1.29, 1.82) is 0 Å². The summed E-state index contributed by atoms with van der Waals surface area (Å²) in [6.07, 6.45) is 8.07. The van der Waals surface area contributed by atoms with Gasteiger partial charge < -0.3 is 24.2 Å². The number of aliphatic hydroxyl groups excluding tert-OH is 1. The highest BCUT2D eigenvalue weighted by atomic mass is 16.5. The molecule has 184 valence electrons. The van der Waals surface area contributed by atoms with Gasteiger partial charge in [-0.2, -0.15) is 0 Å². The largest absolute Gasteiger partial charge is 0.497 e. The molecule has 0 radical (unpaired) electrons. The summed E-state index contributed by atoms with van der Waals surface area (Å²) >= 11 is 0. The molecule has 3 aliphatic rings. The van der Waals surface area contributed by atoms with Crippen LogP contribution in [0.2, 0.25) is 0 Å². The molecule has 7 nitrogen and oxygen atoms in total. The number of amides is 1. The standard InChI is InChI=1S/C28H34N4O3/c1-30-23-15-21(35-2)5-6-22(23)25-26(30)24(17-33)32(27(34)20-7-11-29-12-8-20)18-28(25)9-13-31(14-10-28)16-19-3-4-19/h5-8,11-12,15,19,24,33H,3-4,9-10,13-14,16-18H2,1-2H3/t24-/m0/s1. The van der Waals surface area contributed by atoms with Gasteiger partial charge in [-0.1, -0.05) is 0 Å². The SMILES string of the molecule is COc1ccc2c3c(n(C)c2c1)[C@H](CO)N(C(=O)c1ccncc1)CC31CCN(CC2CC2)CC1. The molecule has 1 amide bonds. The third-order valence-corrected chi connectivity index (χ3v) is 8.54. The topological polar surface area (TPSA) is 70.8 Å². The molecule has 1 spiro atoms. The zero-order valence-electron chi connectivity index (χ0n) is 20.6. The minimum atomic E-state index is -0.399. The van der Waals surface area contributed by atoms with Crippen molar-refractivity contribution in [3.63, 3.8) is 0 Å². The molecular weight excluding hydrogens is 440 g/mol. The lowest BCUT2D eigenvalue weighted by Gasteiger charge is -2.50. The summed E-state index contributed by atoms with van der Waals surface area (Å²) in [7, 11) is 3.74. The quantitative estimate of drug-likeness (QED) is 0.613. The number of carbonyl (C=O) groups excluding carboxylic acids is 1. The van der Waals surface area contributed by atoms with Gasteiger partial charge >= 0.3 is 0 Å². The summed E-state index contributed by atoms with van der Waals surface area (Å²) in [6, 6.07) is 9.41. The van der Waals surface area contributed by atoms with Gasteiger partial charge in [-0.3, -0.25) is 9.78 Å². The van der Waals surface area contributed by atoms with Gasteiger partial charge in [0.15, 0.2) is 0 Å². The fraction of sp³-hybridized carbons (Fsp3) is 0.500. The Balaban J connectivity index is 1.48. The van der Waals surface area contributed by atoms with Crippen molar-refractivity contribution in [3.05, 3.63) is 59.5 Å². The molecule has 0 bridgehead atoms. The number of hydrogen-bond acceptors (Lipinski definition) is 5. The van der Waals surface area contributed by atoms with Gasteiger partial charge in [-0.15, -0.1) is 0 Å². The first-order chi connectivity index (χ1) is 17.0. The molecule has 2 aliphatic heterocycles. The second-order valence-electron chi connectivity index (χ2n) is 10.6. The highest BCUT2D eigenvalue weighted by Crippen LogP contribution is 2.50. The average Bonchev–Trinajstić information content (AvgIpc) is 3.67. The number of likely N-dealkylation sites (tertiary alicyclic amines) is 1. The van der Waals surface area contributed by atoms with Crippen molar-refractivity contribution < 1.29 is 14.6 Å². The molecule has 4 heterocycles. The first-order valence-electron chi connectivity index (χ1n) is 12.8. The smallest absolute Gasteiger partial charge is 0.254 e. The van der Waals surface area contributed by atoms with Crippen LogP contribution in [-0.2, 0) is 12.5 Å². The van der Waals surface area contributed by atoms with Crippen LogP contribution in [0.4, 0.5) is 0 Å². The number of aromatic nitrogens is 2. The number of piperidine rings is 1. The molecule has 35 heavy (non-hydrogen) atoms. The first kappa shape index (κ1) is 22.6. The monoisotopic (exact) mass is 474 g/mol. The van der Waals surface area contributed by atoms with Gasteiger partial charge in [0.25, 0.3) is 5.91 Å². The van der Waals surface area contributed by atoms with Crippen LogP contribution in [0.15, 0.2) is 42.7 Å². The van der Waals surface area contributed by atoms with E-state index in [4.69, 9.17) is 4.74 Å². The number of methoxy groups -OCH3 is 1. The number of benzene rings is 1. The predicted molar refractivity (Wildman–Crippen MR) is 135 cm³/mol. The molecule has 2 aromatic heterocycles. The fourth-order valence-corrected chi connectivity index (χ4v) is 6.47. The van der Waals surface area contributed by atoms with Crippen molar-refractivity contribution in [3.8, 4) is 5.75 Å². The van der Waals surface area contributed by atoms with Crippen molar-refractivity contribution in [2.24, 2.45) is 13.0 Å². The summed E-state index contributed by atoms with van der Waals surface area (Å²) in [4.78, 5) is 22.4. The number of fused-ring (bicyclic) bond motifs is 4. The number of aryl methyl sites for hydroxylation is 1. The van der Waals surface area contributed by atoms with E-state index in [9.17, 15) is 9.90 Å². The number of hydrogen-bond donors (Lipinski definition) is 1. The molecule has 3 aromatic rings. The van der Waals surface area contributed by atoms with Crippen LogP contribution in [0.5, 0.6) is 5.75 Å². The van der Waals surface area contributed by atoms with E-state index in [0.717, 1.165) is 48.8 Å². The number of aliphatic hydroxyl groups is 1. The van der Waals surface area contributed by atoms with E-state index in [1.165, 1.54) is 30.3 Å². The minimum absolute atomic E-state index is 0.0419. The summed E-state index contributed by atoms with van der Waals surface area (Å²) in [5.41, 5.74) is 3.94. The van der Waals surface area contributed by atoms with E-state index in [1.807, 2.05) is 11.0 Å². The minimum Gasteiger partial charge on any atom is -0.497 e. The van der Waals surface area contributed by atoms with Crippen molar-refractivity contribution in [2.75, 3.05) is 39.9 Å². The van der Waals surface area contributed by atoms with Crippen molar-refractivity contribution >= 4 is 16.8 Å². The third-order valence-electron chi connectivity index (χ3n) is 8.54. The second kappa shape index (κ2) is 8.64. The number of rotatable bonds is 5. The molecular formula is C28H34N4O3. The maximum absolute atomic E-state index is 13.8. The fourth-order valence-electron chi connectivity index (χ4n) is 6.47. The zero-order chi connectivity index (χ0) is 24.2. The molecule has 1 saturated carbocycles. The van der Waals surface area contributed by atoms with Gasteiger partial charge in [0, 0.05) is 60.7 Å². The van der Waals surface area contributed by atoms with Crippen LogP contribution in [0, 0.1) is 5.92 Å². The Morgan fingerprint density at radius 2 is 1.91 bits per heavy atom. The Hall–Kier alpha value is -2.90. The Bertz CT molecular complexity index is 1240. The Kier molecular flexibility index (Phi) is 5.57. The van der Waals surface area contributed by atoms with Crippen LogP contribution < -0.4 is 4.74 Å². The maximum Gasteiger partial charge on any atom is 0.254 e. The lowest BCUT2D eigenvalue weighted by molar-refractivity contribution is 0.0332. The Morgan fingerprint density at radius 1 is 1.17 bits per heavy atom. The van der Waals surface area contributed by atoms with Gasteiger partial charge in [0.2, 0.25) is 0 Å².